The van der Waals surface area contributed by atoms with Gasteiger partial charge in [-0.15, -0.1) is 0 Å². The van der Waals surface area contributed by atoms with Crippen LogP contribution in [0.25, 0.3) is 22.1 Å². The van der Waals surface area contributed by atoms with Crippen molar-refractivity contribution in [1.82, 2.24) is 4.98 Å². The number of carbonyl (C=O) groups excluding carboxylic acids is 2. The Morgan fingerprint density at radius 3 is 2.58 bits per heavy atom. The van der Waals surface area contributed by atoms with Crippen molar-refractivity contribution in [2.24, 2.45) is 0 Å². The molecule has 2 heterocycles. The van der Waals surface area contributed by atoms with Crippen LogP contribution in [0.2, 0.25) is 0 Å². The summed E-state index contributed by atoms with van der Waals surface area (Å²) in [4.78, 5) is 28.7. The standard InChI is InChI=1S/C32H35NO6S/c1-6-37-30(35)19-25-8-7-23(21(2)34)18-29(25)39-20-22-15-26-10-13-38-31(26)28(16-22)24-9-12-33-27(17-24)11-14-40(36)32(3,4)5/h7-10,12-13,15-18H,6,11,14,19-20H2,1-5H3/t40-/m1/s1. The highest BCUT2D eigenvalue weighted by Crippen LogP contribution is 2.32. The fourth-order valence-electron chi connectivity index (χ4n) is 4.31. The van der Waals surface area contributed by atoms with E-state index in [-0.39, 0.29) is 29.5 Å². The van der Waals surface area contributed by atoms with Crippen LogP contribution in [-0.2, 0) is 39.8 Å². The number of carbonyl (C=O) groups is 2. The Kier molecular flexibility index (Phi) is 9.20. The molecule has 0 amide bonds. The summed E-state index contributed by atoms with van der Waals surface area (Å²) < 4.78 is 29.4. The van der Waals surface area contributed by atoms with Gasteiger partial charge >= 0.3 is 5.97 Å². The number of rotatable bonds is 11. The monoisotopic (exact) mass is 561 g/mol. The minimum atomic E-state index is -0.967. The van der Waals surface area contributed by atoms with E-state index >= 15 is 0 Å². The van der Waals surface area contributed by atoms with Gasteiger partial charge in [-0.25, -0.2) is 0 Å². The van der Waals surface area contributed by atoms with Crippen LogP contribution in [0.4, 0.5) is 0 Å². The molecule has 40 heavy (non-hydrogen) atoms. The third kappa shape index (κ3) is 7.24. The summed E-state index contributed by atoms with van der Waals surface area (Å²) in [7, 11) is -0.967. The van der Waals surface area contributed by atoms with E-state index < -0.39 is 10.8 Å². The summed E-state index contributed by atoms with van der Waals surface area (Å²) in [5.74, 6) is 0.559. The van der Waals surface area contributed by atoms with Gasteiger partial charge in [-0.3, -0.25) is 18.8 Å². The van der Waals surface area contributed by atoms with Crippen LogP contribution >= 0.6 is 0 Å². The van der Waals surface area contributed by atoms with Crippen molar-refractivity contribution in [3.05, 3.63) is 83.4 Å². The Morgan fingerprint density at radius 1 is 1.05 bits per heavy atom. The molecule has 4 rings (SSSR count). The number of nitrogens with zero attached hydrogens (tertiary/aromatic N) is 1. The molecule has 1 atom stereocenters. The SMILES string of the molecule is CCOC(=O)Cc1ccc(C(C)=O)cc1OCc1cc(-c2ccnc(CC[S@@](=O)C(C)(C)C)c2)c2occc2c1. The number of hydrogen-bond acceptors (Lipinski definition) is 7. The van der Waals surface area contributed by atoms with E-state index in [1.165, 1.54) is 6.92 Å². The smallest absolute Gasteiger partial charge is 0.310 e. The number of hydrogen-bond donors (Lipinski definition) is 0. The van der Waals surface area contributed by atoms with Crippen molar-refractivity contribution in [3.8, 4) is 16.9 Å². The Balaban J connectivity index is 1.61. The van der Waals surface area contributed by atoms with E-state index in [2.05, 4.69) is 4.98 Å². The lowest BCUT2D eigenvalue weighted by Gasteiger charge is -2.17. The summed E-state index contributed by atoms with van der Waals surface area (Å²) in [6.07, 6.45) is 4.07. The molecular weight excluding hydrogens is 526 g/mol. The molecule has 0 aliphatic rings. The quantitative estimate of drug-likeness (QED) is 0.153. The molecule has 0 bridgehead atoms. The second-order valence-corrected chi connectivity index (χ2v) is 12.9. The van der Waals surface area contributed by atoms with Crippen molar-refractivity contribution < 1.29 is 27.7 Å². The van der Waals surface area contributed by atoms with Gasteiger partial charge in [0.1, 0.15) is 17.9 Å². The van der Waals surface area contributed by atoms with Crippen LogP contribution in [-0.4, -0.2) is 38.1 Å². The summed E-state index contributed by atoms with van der Waals surface area (Å²) in [6, 6.07) is 14.9. The predicted octanol–water partition coefficient (Wildman–Crippen LogP) is 6.47. The van der Waals surface area contributed by atoms with Crippen LogP contribution in [0, 0.1) is 0 Å². The highest BCUT2D eigenvalue weighted by molar-refractivity contribution is 7.86. The van der Waals surface area contributed by atoms with E-state index in [1.807, 2.05) is 51.1 Å². The molecule has 8 heteroatoms. The zero-order chi connectivity index (χ0) is 28.9. The molecule has 0 aliphatic heterocycles. The molecular formula is C32H35NO6S. The van der Waals surface area contributed by atoms with Gasteiger partial charge in [0.25, 0.3) is 0 Å². The zero-order valence-corrected chi connectivity index (χ0v) is 24.4. The fraction of sp³-hybridized carbons (Fsp3) is 0.344. The maximum Gasteiger partial charge on any atom is 0.310 e. The first kappa shape index (κ1) is 29.2. The van der Waals surface area contributed by atoms with E-state index in [1.54, 1.807) is 37.6 Å². The molecule has 0 spiro atoms. The Labute approximate surface area is 237 Å². The first-order valence-electron chi connectivity index (χ1n) is 13.3. The minimum absolute atomic E-state index is 0.0488. The zero-order valence-electron chi connectivity index (χ0n) is 23.6. The van der Waals surface area contributed by atoms with Crippen molar-refractivity contribution in [3.63, 3.8) is 0 Å². The molecule has 0 aliphatic carbocycles. The number of pyridine rings is 1. The van der Waals surface area contributed by atoms with Gasteiger partial charge < -0.3 is 13.9 Å². The van der Waals surface area contributed by atoms with Crippen molar-refractivity contribution in [2.45, 2.75) is 58.8 Å². The second kappa shape index (κ2) is 12.6. The number of aryl methyl sites for hydroxylation is 1. The molecule has 0 saturated carbocycles. The van der Waals surface area contributed by atoms with Gasteiger partial charge in [0.05, 0.1) is 19.3 Å². The largest absolute Gasteiger partial charge is 0.489 e. The lowest BCUT2D eigenvalue weighted by atomic mass is 10.0. The number of Topliss-reactive ketones (excluding diaryl/α,β-unsaturated/α-hetero) is 1. The van der Waals surface area contributed by atoms with E-state index in [0.717, 1.165) is 33.4 Å². The van der Waals surface area contributed by atoms with E-state index in [9.17, 15) is 13.8 Å². The molecule has 0 unspecified atom stereocenters. The fourth-order valence-corrected chi connectivity index (χ4v) is 5.32. The molecule has 2 aromatic heterocycles. The van der Waals surface area contributed by atoms with Crippen LogP contribution in [0.15, 0.2) is 65.4 Å². The average Bonchev–Trinajstić information content (AvgIpc) is 3.39. The first-order chi connectivity index (χ1) is 19.0. The molecule has 0 N–H and O–H groups in total. The van der Waals surface area contributed by atoms with Crippen LogP contribution in [0.1, 0.15) is 61.8 Å². The number of furan rings is 1. The molecule has 0 saturated heterocycles. The van der Waals surface area contributed by atoms with Gasteiger partial charge in [-0.2, -0.15) is 0 Å². The van der Waals surface area contributed by atoms with Crippen LogP contribution in [0.5, 0.6) is 5.75 Å². The minimum Gasteiger partial charge on any atom is -0.489 e. The number of ketones is 1. The molecule has 210 valence electrons. The number of benzene rings is 2. The summed E-state index contributed by atoms with van der Waals surface area (Å²) in [6.45, 7) is 9.69. The maximum absolute atomic E-state index is 12.6. The molecule has 2 aromatic carbocycles. The normalized spacial score (nSPS) is 12.3. The number of esters is 1. The average molecular weight is 562 g/mol. The lowest BCUT2D eigenvalue weighted by molar-refractivity contribution is -0.142. The van der Waals surface area contributed by atoms with Gasteiger partial charge in [0.2, 0.25) is 0 Å². The topological polar surface area (TPSA) is 95.7 Å². The van der Waals surface area contributed by atoms with Gasteiger partial charge in [0.15, 0.2) is 5.78 Å². The Bertz CT molecular complexity index is 1550. The summed E-state index contributed by atoms with van der Waals surface area (Å²) >= 11 is 0. The highest BCUT2D eigenvalue weighted by Gasteiger charge is 2.19. The van der Waals surface area contributed by atoms with Crippen LogP contribution < -0.4 is 4.74 Å². The molecule has 0 fully saturated rings. The molecule has 0 radical (unpaired) electrons. The van der Waals surface area contributed by atoms with Gasteiger partial charge in [-0.05, 0) is 82.1 Å². The number of aromatic nitrogens is 1. The van der Waals surface area contributed by atoms with Crippen LogP contribution in [0.3, 0.4) is 0 Å². The first-order valence-corrected chi connectivity index (χ1v) is 14.6. The number of ether oxygens (including phenoxy) is 2. The summed E-state index contributed by atoms with van der Waals surface area (Å²) in [5, 5.41) is 0.924. The van der Waals surface area contributed by atoms with Crippen molar-refractivity contribution in [2.75, 3.05) is 12.4 Å². The second-order valence-electron chi connectivity index (χ2n) is 10.6. The Morgan fingerprint density at radius 2 is 1.85 bits per heavy atom. The highest BCUT2D eigenvalue weighted by atomic mass is 32.2. The summed E-state index contributed by atoms with van der Waals surface area (Å²) in [5.41, 5.74) is 5.50. The van der Waals surface area contributed by atoms with Gasteiger partial charge in [-0.1, -0.05) is 12.1 Å². The third-order valence-electron chi connectivity index (χ3n) is 6.47. The predicted molar refractivity (Wildman–Crippen MR) is 157 cm³/mol. The van der Waals surface area contributed by atoms with Crippen molar-refractivity contribution >= 4 is 33.5 Å². The Hall–Kier alpha value is -3.78. The molecule has 4 aromatic rings. The van der Waals surface area contributed by atoms with Crippen molar-refractivity contribution in [1.29, 1.82) is 0 Å². The lowest BCUT2D eigenvalue weighted by Crippen LogP contribution is -2.25. The third-order valence-corrected chi connectivity index (χ3v) is 8.41. The number of fused-ring (bicyclic) bond motifs is 1. The molecule has 7 nitrogen and oxygen atoms in total. The van der Waals surface area contributed by atoms with Gasteiger partial charge in [0, 0.05) is 61.7 Å². The maximum atomic E-state index is 12.6. The van der Waals surface area contributed by atoms with E-state index in [4.69, 9.17) is 13.9 Å². The van der Waals surface area contributed by atoms with E-state index in [0.29, 0.717) is 35.7 Å².